The van der Waals surface area contributed by atoms with E-state index < -0.39 is 13.3 Å². The Kier molecular flexibility index (Phi) is 8.82. The van der Waals surface area contributed by atoms with E-state index in [1.54, 1.807) is 0 Å². The molecule has 8 aromatic rings. The fraction of sp³-hybridized carbons (Fsp3) is 0.128. The number of hydrogen-bond donors (Lipinski definition) is 0. The van der Waals surface area contributed by atoms with E-state index in [1.807, 2.05) is 60.1 Å². The predicted octanol–water partition coefficient (Wildman–Crippen LogP) is 10.5. The van der Waals surface area contributed by atoms with Crippen molar-refractivity contribution in [2.45, 2.75) is 31.1 Å². The first-order valence-corrected chi connectivity index (χ1v) is 23.0. The van der Waals surface area contributed by atoms with E-state index in [0.717, 1.165) is 44.5 Å². The number of nitrogens with zero attached hydrogens (tertiary/aromatic N) is 2. The standard InChI is InChI=1S/C25H16NOS.C14H16GeN.Ir/c1-14-6-8-16-20-13-26-21(12-23(20)27-22(16)10-14)19-5-3-4-18-17-9-7-15(2)11-24(17)28-25(18)19;1-15(2,3)13-9-10-14(16-11-13)12-7-5-4-6-8-12;/h3-4,6-13H,1-2H3;4-7,9-11H,1-3H3;/q2*-1;. The molecular formula is C39H32GeIrN2OS-2. The Labute approximate surface area is 284 Å². The van der Waals surface area contributed by atoms with Crippen molar-refractivity contribution in [3.05, 3.63) is 127 Å². The zero-order chi connectivity index (χ0) is 30.4. The van der Waals surface area contributed by atoms with Gasteiger partial charge in [0.2, 0.25) is 0 Å². The first kappa shape index (κ1) is 31.4. The van der Waals surface area contributed by atoms with Crippen LogP contribution in [0, 0.1) is 26.0 Å². The Bertz CT molecular complexity index is 2280. The molecule has 45 heavy (non-hydrogen) atoms. The molecule has 225 valence electrons. The Morgan fingerprint density at radius 2 is 1.42 bits per heavy atom. The number of hydrogen-bond acceptors (Lipinski definition) is 4. The summed E-state index contributed by atoms with van der Waals surface area (Å²) < 4.78 is 10.1. The van der Waals surface area contributed by atoms with Crippen molar-refractivity contribution in [1.82, 2.24) is 9.97 Å². The molecule has 0 aliphatic carbocycles. The van der Waals surface area contributed by atoms with Crippen LogP contribution in [-0.4, -0.2) is 23.2 Å². The van der Waals surface area contributed by atoms with Gasteiger partial charge in [-0.15, -0.1) is 23.8 Å². The molecule has 0 fully saturated rings. The minimum absolute atomic E-state index is 0. The summed E-state index contributed by atoms with van der Waals surface area (Å²) in [5.41, 5.74) is 8.26. The van der Waals surface area contributed by atoms with Crippen molar-refractivity contribution in [3.8, 4) is 22.5 Å². The van der Waals surface area contributed by atoms with E-state index in [2.05, 4.69) is 103 Å². The number of rotatable bonds is 3. The summed E-state index contributed by atoms with van der Waals surface area (Å²) in [5.74, 6) is 7.14. The third-order valence-electron chi connectivity index (χ3n) is 7.97. The topological polar surface area (TPSA) is 38.9 Å². The van der Waals surface area contributed by atoms with Crippen molar-refractivity contribution in [2.75, 3.05) is 0 Å². The minimum Gasteiger partial charge on any atom is 0 e. The van der Waals surface area contributed by atoms with E-state index in [9.17, 15) is 0 Å². The third kappa shape index (κ3) is 6.28. The van der Waals surface area contributed by atoms with Crippen molar-refractivity contribution in [2.24, 2.45) is 0 Å². The van der Waals surface area contributed by atoms with Gasteiger partial charge < -0.3 is 9.40 Å². The fourth-order valence-corrected chi connectivity index (χ4v) is 8.98. The first-order chi connectivity index (χ1) is 21.2. The molecule has 0 unspecified atom stereocenters. The van der Waals surface area contributed by atoms with Crippen LogP contribution in [0.2, 0.25) is 17.3 Å². The van der Waals surface area contributed by atoms with Crippen molar-refractivity contribution in [1.29, 1.82) is 0 Å². The van der Waals surface area contributed by atoms with Gasteiger partial charge in [0.05, 0.1) is 0 Å². The van der Waals surface area contributed by atoms with E-state index in [1.165, 1.54) is 35.7 Å². The molecule has 0 bridgehead atoms. The maximum atomic E-state index is 6.13. The molecule has 0 aliphatic rings. The summed E-state index contributed by atoms with van der Waals surface area (Å²) >= 11 is 0.0919. The Balaban J connectivity index is 0.000000181. The SMILES string of the molecule is Cc1ccc2c(c1)oc1cc(-c3[c-]ccc4c3sc3cc(C)ccc34)ncc12.[CH3][Ge]([CH3])([CH3])[c]1ccc(-c2[c-]cccc2)nc1.[Ir]. The molecule has 1 radical (unpaired) electrons. The van der Waals surface area contributed by atoms with Crippen LogP contribution in [0.5, 0.6) is 0 Å². The number of furan rings is 1. The van der Waals surface area contributed by atoms with Crippen molar-refractivity contribution in [3.63, 3.8) is 0 Å². The molecule has 0 atom stereocenters. The van der Waals surface area contributed by atoms with Crippen molar-refractivity contribution >= 4 is 71.1 Å². The molecule has 4 aromatic carbocycles. The summed E-state index contributed by atoms with van der Waals surface area (Å²) in [4.78, 5) is 9.31. The van der Waals surface area contributed by atoms with Gasteiger partial charge in [0.1, 0.15) is 11.2 Å². The van der Waals surface area contributed by atoms with Crippen LogP contribution in [0.3, 0.4) is 0 Å². The molecule has 0 saturated carbocycles. The first-order valence-electron chi connectivity index (χ1n) is 14.8. The molecule has 0 aliphatic heterocycles. The van der Waals surface area contributed by atoms with Gasteiger partial charge in [-0.2, -0.15) is 11.3 Å². The van der Waals surface area contributed by atoms with Gasteiger partial charge in [-0.1, -0.05) is 29.7 Å². The molecule has 6 heteroatoms. The molecule has 4 heterocycles. The number of fused-ring (bicyclic) bond motifs is 6. The van der Waals surface area contributed by atoms with Crippen LogP contribution in [0.25, 0.3) is 64.6 Å². The van der Waals surface area contributed by atoms with E-state index in [-0.39, 0.29) is 20.1 Å². The van der Waals surface area contributed by atoms with Crippen LogP contribution in [0.15, 0.2) is 108 Å². The Hall–Kier alpha value is -3.61. The summed E-state index contributed by atoms with van der Waals surface area (Å²) in [6, 6.07) is 38.0. The zero-order valence-electron chi connectivity index (χ0n) is 25.9. The molecule has 0 amide bonds. The second kappa shape index (κ2) is 12.6. The third-order valence-corrected chi connectivity index (χ3v) is 13.4. The van der Waals surface area contributed by atoms with Gasteiger partial charge in [0.15, 0.2) is 0 Å². The number of aromatic nitrogens is 2. The smallest absolute Gasteiger partial charge is 0 e. The summed E-state index contributed by atoms with van der Waals surface area (Å²) in [6.07, 6.45) is 3.96. The van der Waals surface area contributed by atoms with Gasteiger partial charge in [0, 0.05) is 41.8 Å². The normalized spacial score (nSPS) is 11.5. The van der Waals surface area contributed by atoms with Crippen LogP contribution in [-0.2, 0) is 20.1 Å². The molecule has 8 rings (SSSR count). The van der Waals surface area contributed by atoms with E-state index in [4.69, 9.17) is 9.40 Å². The monoisotopic (exact) mass is 843 g/mol. The average molecular weight is 842 g/mol. The Morgan fingerprint density at radius 1 is 0.667 bits per heavy atom. The molecule has 4 aromatic heterocycles. The fourth-order valence-electron chi connectivity index (χ4n) is 5.50. The van der Waals surface area contributed by atoms with E-state index >= 15 is 0 Å². The number of aryl methyl sites for hydroxylation is 2. The van der Waals surface area contributed by atoms with Gasteiger partial charge >= 0.3 is 99.8 Å². The van der Waals surface area contributed by atoms with E-state index in [0.29, 0.717) is 0 Å². The van der Waals surface area contributed by atoms with Crippen molar-refractivity contribution < 1.29 is 24.5 Å². The maximum absolute atomic E-state index is 6.13. The summed E-state index contributed by atoms with van der Waals surface area (Å²) in [7, 11) is 0. The van der Waals surface area contributed by atoms with Gasteiger partial charge in [-0.25, -0.2) is 0 Å². The number of thiophene rings is 1. The maximum Gasteiger partial charge on any atom is 0 e. The zero-order valence-corrected chi connectivity index (χ0v) is 31.2. The van der Waals surface area contributed by atoms with Crippen LogP contribution < -0.4 is 4.40 Å². The average Bonchev–Trinajstić information content (AvgIpc) is 3.58. The molecule has 0 N–H and O–H groups in total. The van der Waals surface area contributed by atoms with Crippen LogP contribution in [0.1, 0.15) is 11.1 Å². The minimum atomic E-state index is -1.72. The number of pyridine rings is 2. The van der Waals surface area contributed by atoms with Crippen LogP contribution in [0.4, 0.5) is 0 Å². The molecule has 0 spiro atoms. The molecule has 3 nitrogen and oxygen atoms in total. The second-order valence-electron chi connectivity index (χ2n) is 12.3. The predicted molar refractivity (Wildman–Crippen MR) is 190 cm³/mol. The quantitative estimate of drug-likeness (QED) is 0.131. The summed E-state index contributed by atoms with van der Waals surface area (Å²) in [6.45, 7) is 4.21. The van der Waals surface area contributed by atoms with Crippen LogP contribution >= 0.6 is 11.3 Å². The summed E-state index contributed by atoms with van der Waals surface area (Å²) in [5, 5.41) is 4.72. The largest absolute Gasteiger partial charge is 0 e. The van der Waals surface area contributed by atoms with Gasteiger partial charge in [0.25, 0.3) is 0 Å². The molecule has 0 saturated heterocycles. The van der Waals surface area contributed by atoms with Gasteiger partial charge in [-0.3, -0.25) is 0 Å². The van der Waals surface area contributed by atoms with Gasteiger partial charge in [-0.05, 0) is 59.0 Å². The Morgan fingerprint density at radius 3 is 2.16 bits per heavy atom. The second-order valence-corrected chi connectivity index (χ2v) is 24.0. The molecular weight excluding hydrogens is 809 g/mol. The number of benzene rings is 4.